The Morgan fingerprint density at radius 1 is 1.45 bits per heavy atom. The van der Waals surface area contributed by atoms with Crippen molar-refractivity contribution >= 4 is 11.6 Å². The first kappa shape index (κ1) is 15.6. The van der Waals surface area contributed by atoms with E-state index in [2.05, 4.69) is 24.1 Å². The zero-order valence-corrected chi connectivity index (χ0v) is 13.2. The van der Waals surface area contributed by atoms with Crippen molar-refractivity contribution in [3.8, 4) is 5.75 Å². The van der Waals surface area contributed by atoms with Crippen molar-refractivity contribution in [3.63, 3.8) is 0 Å². The molecule has 0 spiro atoms. The molecule has 4 heteroatoms. The normalized spacial score (nSPS) is 19.1. The number of aromatic hydroxyl groups is 1. The molecular weight excluding hydrogens is 272 g/mol. The summed E-state index contributed by atoms with van der Waals surface area (Å²) in [4.78, 5) is 2.40. The van der Waals surface area contributed by atoms with Gasteiger partial charge in [-0.1, -0.05) is 31.5 Å². The summed E-state index contributed by atoms with van der Waals surface area (Å²) in [5.41, 5.74) is 0.841. The summed E-state index contributed by atoms with van der Waals surface area (Å²) in [5, 5.41) is 14.2. The van der Waals surface area contributed by atoms with Crippen LogP contribution in [0.25, 0.3) is 0 Å². The smallest absolute Gasteiger partial charge is 0.121 e. The van der Waals surface area contributed by atoms with Gasteiger partial charge in [-0.05, 0) is 37.4 Å². The van der Waals surface area contributed by atoms with Crippen LogP contribution in [0.1, 0.15) is 32.3 Å². The molecule has 20 heavy (non-hydrogen) atoms. The van der Waals surface area contributed by atoms with Gasteiger partial charge in [-0.2, -0.15) is 0 Å². The molecule has 0 aromatic heterocycles. The van der Waals surface area contributed by atoms with Crippen LogP contribution in [0.15, 0.2) is 18.2 Å². The number of nitrogens with one attached hydrogen (secondary N) is 1. The number of rotatable bonds is 6. The predicted molar refractivity (Wildman–Crippen MR) is 84.3 cm³/mol. The number of benzene rings is 1. The average Bonchev–Trinajstić information content (AvgIpc) is 2.86. The highest BCUT2D eigenvalue weighted by Crippen LogP contribution is 2.27. The van der Waals surface area contributed by atoms with E-state index in [1.807, 2.05) is 6.07 Å². The van der Waals surface area contributed by atoms with E-state index >= 15 is 0 Å². The van der Waals surface area contributed by atoms with E-state index in [4.69, 9.17) is 11.6 Å². The molecular formula is C16H25ClN2O. The van der Waals surface area contributed by atoms with Gasteiger partial charge in [0.25, 0.3) is 0 Å². The molecule has 1 unspecified atom stereocenters. The van der Waals surface area contributed by atoms with Crippen molar-refractivity contribution in [3.05, 3.63) is 28.8 Å². The number of hydrogen-bond donors (Lipinski definition) is 2. The van der Waals surface area contributed by atoms with E-state index in [0.29, 0.717) is 29.3 Å². The fourth-order valence-corrected chi connectivity index (χ4v) is 3.10. The van der Waals surface area contributed by atoms with Crippen LogP contribution in [0.4, 0.5) is 0 Å². The van der Waals surface area contributed by atoms with Gasteiger partial charge in [0.1, 0.15) is 5.75 Å². The minimum absolute atomic E-state index is 0.297. The lowest BCUT2D eigenvalue weighted by Gasteiger charge is -2.28. The molecule has 112 valence electrons. The third-order valence-electron chi connectivity index (χ3n) is 3.74. The maximum Gasteiger partial charge on any atom is 0.121 e. The molecule has 1 atom stereocenters. The van der Waals surface area contributed by atoms with Gasteiger partial charge in [-0.3, -0.25) is 4.90 Å². The van der Waals surface area contributed by atoms with Crippen LogP contribution in [0.2, 0.25) is 5.02 Å². The monoisotopic (exact) mass is 296 g/mol. The van der Waals surface area contributed by atoms with Gasteiger partial charge < -0.3 is 10.4 Å². The van der Waals surface area contributed by atoms with Crippen molar-refractivity contribution in [1.82, 2.24) is 10.2 Å². The summed E-state index contributed by atoms with van der Waals surface area (Å²) in [5.74, 6) is 0.895. The second-order valence-electron chi connectivity index (χ2n) is 6.12. The Bertz CT molecular complexity index is 410. The third kappa shape index (κ3) is 4.37. The number of phenolic OH excluding ortho intramolecular Hbond substituents is 1. The first-order chi connectivity index (χ1) is 9.56. The highest BCUT2D eigenvalue weighted by molar-refractivity contribution is 6.31. The molecule has 0 radical (unpaired) electrons. The molecule has 0 saturated carbocycles. The van der Waals surface area contributed by atoms with Gasteiger partial charge in [-0.15, -0.1) is 0 Å². The van der Waals surface area contributed by atoms with Gasteiger partial charge in [0.2, 0.25) is 0 Å². The summed E-state index contributed by atoms with van der Waals surface area (Å²) in [6, 6.07) is 5.91. The van der Waals surface area contributed by atoms with E-state index in [1.165, 1.54) is 12.8 Å². The van der Waals surface area contributed by atoms with Crippen LogP contribution < -0.4 is 5.32 Å². The quantitative estimate of drug-likeness (QED) is 0.846. The lowest BCUT2D eigenvalue weighted by Crippen LogP contribution is -2.39. The van der Waals surface area contributed by atoms with Crippen LogP contribution in [-0.2, 0) is 6.54 Å². The van der Waals surface area contributed by atoms with E-state index < -0.39 is 0 Å². The Hall–Kier alpha value is -0.770. The molecule has 2 rings (SSSR count). The van der Waals surface area contributed by atoms with Gasteiger partial charge in [0.05, 0.1) is 0 Å². The second kappa shape index (κ2) is 7.30. The van der Waals surface area contributed by atoms with Crippen LogP contribution in [-0.4, -0.2) is 35.7 Å². The average molecular weight is 297 g/mol. The van der Waals surface area contributed by atoms with Gasteiger partial charge >= 0.3 is 0 Å². The van der Waals surface area contributed by atoms with E-state index in [-0.39, 0.29) is 0 Å². The molecule has 1 aromatic carbocycles. The van der Waals surface area contributed by atoms with Crippen molar-refractivity contribution in [2.24, 2.45) is 5.92 Å². The minimum atomic E-state index is 0.297. The maximum absolute atomic E-state index is 10.0. The van der Waals surface area contributed by atoms with Crippen molar-refractivity contribution in [2.75, 3.05) is 19.6 Å². The Labute approximate surface area is 126 Å². The van der Waals surface area contributed by atoms with Crippen LogP contribution >= 0.6 is 11.6 Å². The summed E-state index contributed by atoms with van der Waals surface area (Å²) in [6.45, 7) is 8.31. The summed E-state index contributed by atoms with van der Waals surface area (Å²) >= 11 is 6.22. The Morgan fingerprint density at radius 3 is 2.85 bits per heavy atom. The molecule has 1 aromatic rings. The van der Waals surface area contributed by atoms with Gasteiger partial charge in [-0.25, -0.2) is 0 Å². The lowest BCUT2D eigenvalue weighted by molar-refractivity contribution is 0.214. The second-order valence-corrected chi connectivity index (χ2v) is 6.53. The zero-order chi connectivity index (χ0) is 14.5. The molecule has 2 N–H and O–H groups in total. The standard InChI is InChI=1S/C16H25ClN2O/c1-12(2)9-19(10-13-5-4-8-18-13)11-14-15(17)6-3-7-16(14)20/h3,6-7,12-13,18,20H,4-5,8-11H2,1-2H3. The van der Waals surface area contributed by atoms with Crippen LogP contribution in [0.3, 0.4) is 0 Å². The molecule has 1 aliphatic heterocycles. The number of phenols is 1. The number of halogens is 1. The fourth-order valence-electron chi connectivity index (χ4n) is 2.87. The van der Waals surface area contributed by atoms with Crippen molar-refractivity contribution in [2.45, 2.75) is 39.3 Å². The predicted octanol–water partition coefficient (Wildman–Crippen LogP) is 3.26. The maximum atomic E-state index is 10.0. The summed E-state index contributed by atoms with van der Waals surface area (Å²) < 4.78 is 0. The van der Waals surface area contributed by atoms with Crippen molar-refractivity contribution < 1.29 is 5.11 Å². The van der Waals surface area contributed by atoms with E-state index in [0.717, 1.165) is 25.2 Å². The molecule has 0 amide bonds. The van der Waals surface area contributed by atoms with Crippen LogP contribution in [0, 0.1) is 5.92 Å². The van der Waals surface area contributed by atoms with Crippen molar-refractivity contribution in [1.29, 1.82) is 0 Å². The Morgan fingerprint density at radius 2 is 2.25 bits per heavy atom. The third-order valence-corrected chi connectivity index (χ3v) is 4.09. The highest BCUT2D eigenvalue weighted by Gasteiger charge is 2.20. The van der Waals surface area contributed by atoms with Gasteiger partial charge in [0.15, 0.2) is 0 Å². The lowest BCUT2D eigenvalue weighted by atomic mass is 10.1. The summed E-state index contributed by atoms with van der Waals surface area (Å²) in [7, 11) is 0. The number of nitrogens with zero attached hydrogens (tertiary/aromatic N) is 1. The molecule has 1 aliphatic rings. The molecule has 1 fully saturated rings. The topological polar surface area (TPSA) is 35.5 Å². The number of hydrogen-bond acceptors (Lipinski definition) is 3. The minimum Gasteiger partial charge on any atom is -0.508 e. The first-order valence-corrected chi connectivity index (χ1v) is 7.86. The SMILES string of the molecule is CC(C)CN(Cc1c(O)cccc1Cl)CC1CCCN1. The van der Waals surface area contributed by atoms with Gasteiger partial charge in [0, 0.05) is 36.3 Å². The Kier molecular flexibility index (Phi) is 5.70. The summed E-state index contributed by atoms with van der Waals surface area (Å²) in [6.07, 6.45) is 2.50. The zero-order valence-electron chi connectivity index (χ0n) is 12.4. The van der Waals surface area contributed by atoms with E-state index in [9.17, 15) is 5.11 Å². The van der Waals surface area contributed by atoms with E-state index in [1.54, 1.807) is 12.1 Å². The molecule has 1 saturated heterocycles. The Balaban J connectivity index is 2.06. The molecule has 1 heterocycles. The first-order valence-electron chi connectivity index (χ1n) is 7.48. The highest BCUT2D eigenvalue weighted by atomic mass is 35.5. The fraction of sp³-hybridized carbons (Fsp3) is 0.625. The molecule has 3 nitrogen and oxygen atoms in total. The largest absolute Gasteiger partial charge is 0.508 e. The van der Waals surface area contributed by atoms with Crippen LogP contribution in [0.5, 0.6) is 5.75 Å². The molecule has 0 bridgehead atoms. The molecule has 0 aliphatic carbocycles.